The van der Waals surface area contributed by atoms with Gasteiger partial charge in [0.1, 0.15) is 5.75 Å². The van der Waals surface area contributed by atoms with Crippen molar-refractivity contribution in [3.05, 3.63) is 58.1 Å². The second-order valence-electron chi connectivity index (χ2n) is 6.14. The Morgan fingerprint density at radius 1 is 1.11 bits per heavy atom. The predicted molar refractivity (Wildman–Crippen MR) is 122 cm³/mol. The van der Waals surface area contributed by atoms with Crippen LogP contribution in [-0.4, -0.2) is 35.6 Å². The molecule has 2 aromatic rings. The number of carbonyl (C=O) groups is 1. The first kappa shape index (κ1) is 22.3. The molecule has 0 unspecified atom stereocenters. The molecular formula is C21H26BrN3O2S. The van der Waals surface area contributed by atoms with E-state index in [2.05, 4.69) is 57.4 Å². The molecule has 0 saturated carbocycles. The molecule has 1 amide bonds. The van der Waals surface area contributed by atoms with Gasteiger partial charge in [0, 0.05) is 17.8 Å². The number of benzene rings is 2. The first-order valence-electron chi connectivity index (χ1n) is 9.32. The van der Waals surface area contributed by atoms with E-state index in [-0.39, 0.29) is 11.0 Å². The molecule has 2 N–H and O–H groups in total. The summed E-state index contributed by atoms with van der Waals surface area (Å²) in [4.78, 5) is 14.8. The summed E-state index contributed by atoms with van der Waals surface area (Å²) in [6.07, 6.45) is 0. The van der Waals surface area contributed by atoms with Crippen LogP contribution in [0.4, 0.5) is 5.69 Å². The van der Waals surface area contributed by atoms with Crippen molar-refractivity contribution >= 4 is 44.9 Å². The van der Waals surface area contributed by atoms with Crippen molar-refractivity contribution in [1.82, 2.24) is 10.2 Å². The molecule has 0 aliphatic carbocycles. The van der Waals surface area contributed by atoms with E-state index in [1.807, 2.05) is 19.1 Å². The van der Waals surface area contributed by atoms with E-state index in [9.17, 15) is 4.79 Å². The zero-order valence-corrected chi connectivity index (χ0v) is 18.8. The zero-order chi connectivity index (χ0) is 20.5. The molecule has 28 heavy (non-hydrogen) atoms. The Morgan fingerprint density at radius 3 is 2.36 bits per heavy atom. The highest BCUT2D eigenvalue weighted by Gasteiger charge is 2.11. The van der Waals surface area contributed by atoms with E-state index in [1.54, 1.807) is 18.2 Å². The van der Waals surface area contributed by atoms with E-state index >= 15 is 0 Å². The van der Waals surface area contributed by atoms with Crippen molar-refractivity contribution in [2.75, 3.05) is 25.0 Å². The van der Waals surface area contributed by atoms with Gasteiger partial charge in [0.15, 0.2) is 5.11 Å². The number of hydrogen-bond acceptors (Lipinski definition) is 4. The largest absolute Gasteiger partial charge is 0.493 e. The Balaban J connectivity index is 1.92. The highest BCUT2D eigenvalue weighted by Crippen LogP contribution is 2.26. The highest BCUT2D eigenvalue weighted by molar-refractivity contribution is 9.10. The Labute approximate surface area is 180 Å². The normalized spacial score (nSPS) is 10.6. The maximum atomic E-state index is 12.4. The van der Waals surface area contributed by atoms with E-state index in [0.29, 0.717) is 17.9 Å². The van der Waals surface area contributed by atoms with Crippen LogP contribution < -0.4 is 15.4 Å². The highest BCUT2D eigenvalue weighted by atomic mass is 79.9. The first-order valence-corrected chi connectivity index (χ1v) is 10.5. The molecule has 0 heterocycles. The maximum absolute atomic E-state index is 12.4. The number of nitrogens with one attached hydrogen (secondary N) is 2. The fraction of sp³-hybridized carbons (Fsp3) is 0.333. The predicted octanol–water partition coefficient (Wildman–Crippen LogP) is 4.82. The number of anilines is 1. The second-order valence-corrected chi connectivity index (χ2v) is 7.41. The number of nitrogens with zero attached hydrogens (tertiary/aromatic N) is 1. The van der Waals surface area contributed by atoms with E-state index in [1.165, 1.54) is 5.56 Å². The van der Waals surface area contributed by atoms with Crippen molar-refractivity contribution in [1.29, 1.82) is 0 Å². The van der Waals surface area contributed by atoms with Gasteiger partial charge in [0.2, 0.25) is 0 Å². The Bertz CT molecular complexity index is 808. The van der Waals surface area contributed by atoms with Gasteiger partial charge in [0.05, 0.1) is 11.1 Å². The molecule has 0 fully saturated rings. The third kappa shape index (κ3) is 6.58. The van der Waals surface area contributed by atoms with Gasteiger partial charge in [-0.25, -0.2) is 0 Å². The minimum Gasteiger partial charge on any atom is -0.493 e. The standard InChI is InChI=1S/C21H26BrN3O2S/c1-4-25(5-2)14-15-7-10-17(11-8-15)23-21(28)24-20(26)16-9-12-19(27-6-3)18(22)13-16/h7-13H,4-6,14H2,1-3H3,(H2,23,24,26,28). The van der Waals surface area contributed by atoms with Crippen molar-refractivity contribution in [2.45, 2.75) is 27.3 Å². The summed E-state index contributed by atoms with van der Waals surface area (Å²) >= 11 is 8.68. The van der Waals surface area contributed by atoms with E-state index < -0.39 is 0 Å². The lowest BCUT2D eigenvalue weighted by Gasteiger charge is -2.18. The fourth-order valence-electron chi connectivity index (χ4n) is 2.65. The van der Waals surface area contributed by atoms with Gasteiger partial charge in [-0.15, -0.1) is 0 Å². The summed E-state index contributed by atoms with van der Waals surface area (Å²) in [7, 11) is 0. The van der Waals surface area contributed by atoms with Gasteiger partial charge < -0.3 is 10.1 Å². The molecule has 5 nitrogen and oxygen atoms in total. The molecule has 0 bridgehead atoms. The molecule has 0 saturated heterocycles. The van der Waals surface area contributed by atoms with Crippen LogP contribution in [0.5, 0.6) is 5.75 Å². The van der Waals surface area contributed by atoms with Gasteiger partial charge in [0.25, 0.3) is 5.91 Å². The van der Waals surface area contributed by atoms with E-state index in [4.69, 9.17) is 17.0 Å². The van der Waals surface area contributed by atoms with Gasteiger partial charge in [-0.2, -0.15) is 0 Å². The maximum Gasteiger partial charge on any atom is 0.257 e. The fourth-order valence-corrected chi connectivity index (χ4v) is 3.35. The van der Waals surface area contributed by atoms with Gasteiger partial charge in [-0.05, 0) is 84.1 Å². The summed E-state index contributed by atoms with van der Waals surface area (Å²) < 4.78 is 6.19. The molecule has 0 aliphatic rings. The summed E-state index contributed by atoms with van der Waals surface area (Å²) in [6, 6.07) is 13.2. The van der Waals surface area contributed by atoms with Gasteiger partial charge >= 0.3 is 0 Å². The molecule has 0 aromatic heterocycles. The van der Waals surface area contributed by atoms with Crippen molar-refractivity contribution in [2.24, 2.45) is 0 Å². The van der Waals surface area contributed by atoms with Crippen molar-refractivity contribution in [3.8, 4) is 5.75 Å². The van der Waals surface area contributed by atoms with Crippen LogP contribution in [0.25, 0.3) is 0 Å². The molecule has 0 atom stereocenters. The second kappa shape index (κ2) is 11.1. The van der Waals surface area contributed by atoms with Crippen LogP contribution >= 0.6 is 28.1 Å². The molecule has 150 valence electrons. The monoisotopic (exact) mass is 463 g/mol. The lowest BCUT2D eigenvalue weighted by atomic mass is 10.2. The molecule has 2 aromatic carbocycles. The SMILES string of the molecule is CCOc1ccc(C(=O)NC(=S)Nc2ccc(CN(CC)CC)cc2)cc1Br. The van der Waals surface area contributed by atoms with Crippen LogP contribution in [0.2, 0.25) is 0 Å². The summed E-state index contributed by atoms with van der Waals surface area (Å²) in [5.41, 5.74) is 2.57. The lowest BCUT2D eigenvalue weighted by molar-refractivity contribution is 0.0977. The molecular weight excluding hydrogens is 438 g/mol. The smallest absolute Gasteiger partial charge is 0.257 e. The van der Waals surface area contributed by atoms with Crippen LogP contribution in [0.3, 0.4) is 0 Å². The van der Waals surface area contributed by atoms with Gasteiger partial charge in [-0.3, -0.25) is 15.0 Å². The number of carbonyl (C=O) groups excluding carboxylic acids is 1. The number of amides is 1. The van der Waals surface area contributed by atoms with E-state index in [0.717, 1.165) is 29.8 Å². The molecule has 0 aliphatic heterocycles. The minimum atomic E-state index is -0.278. The van der Waals surface area contributed by atoms with Crippen molar-refractivity contribution < 1.29 is 9.53 Å². The first-order chi connectivity index (χ1) is 13.5. The van der Waals surface area contributed by atoms with Gasteiger partial charge in [-0.1, -0.05) is 26.0 Å². The van der Waals surface area contributed by atoms with Crippen LogP contribution in [0.1, 0.15) is 36.7 Å². The summed E-state index contributed by atoms with van der Waals surface area (Å²) in [6.45, 7) is 9.75. The average molecular weight is 464 g/mol. The lowest BCUT2D eigenvalue weighted by Crippen LogP contribution is -2.34. The summed E-state index contributed by atoms with van der Waals surface area (Å²) in [5.74, 6) is 0.420. The Morgan fingerprint density at radius 2 is 1.79 bits per heavy atom. The molecule has 0 spiro atoms. The number of hydrogen-bond donors (Lipinski definition) is 2. The zero-order valence-electron chi connectivity index (χ0n) is 16.4. The summed E-state index contributed by atoms with van der Waals surface area (Å²) in [5, 5.41) is 6.00. The molecule has 7 heteroatoms. The Hall–Kier alpha value is -1.96. The number of thiocarbonyl (C=S) groups is 1. The van der Waals surface area contributed by atoms with Crippen molar-refractivity contribution in [3.63, 3.8) is 0 Å². The average Bonchev–Trinajstić information content (AvgIpc) is 2.69. The van der Waals surface area contributed by atoms with Crippen LogP contribution in [-0.2, 0) is 6.54 Å². The number of halogens is 1. The van der Waals surface area contributed by atoms with Crippen LogP contribution in [0.15, 0.2) is 46.9 Å². The quantitative estimate of drug-likeness (QED) is 0.549. The number of rotatable bonds is 8. The third-order valence-corrected chi connectivity index (χ3v) is 5.06. The minimum absolute atomic E-state index is 0.256. The third-order valence-electron chi connectivity index (χ3n) is 4.23. The molecule has 2 rings (SSSR count). The topological polar surface area (TPSA) is 53.6 Å². The van der Waals surface area contributed by atoms with Crippen LogP contribution in [0, 0.1) is 0 Å². The Kier molecular flexibility index (Phi) is 8.89. The molecule has 0 radical (unpaired) electrons. The number of ether oxygens (including phenoxy) is 1.